The molecule has 10 unspecified atom stereocenters. The van der Waals surface area contributed by atoms with Gasteiger partial charge in [-0.3, -0.25) is 106 Å². The molecule has 3 heterocycles. The summed E-state index contributed by atoms with van der Waals surface area (Å²) in [6, 6.07) is 24.3. The normalized spacial score (nSPS) is 15.8. The number of carbonyl (C=O) groups is 20. The molecule has 0 aromatic heterocycles. The van der Waals surface area contributed by atoms with Crippen LogP contribution in [0.5, 0.6) is 0 Å². The third-order valence-corrected chi connectivity index (χ3v) is 28.5. The highest BCUT2D eigenvalue weighted by Crippen LogP contribution is 2.49. The number of thioether (sulfide) groups is 3. The predicted molar refractivity (Wildman–Crippen MR) is 536 cm³/mol. The number of benzene rings is 3. The molecule has 42 heteroatoms. The van der Waals surface area contributed by atoms with E-state index in [1.54, 1.807) is 14.0 Å². The first kappa shape index (κ1) is 121. The van der Waals surface area contributed by atoms with Gasteiger partial charge in [0, 0.05) is 159 Å². The molecule has 39 nitrogen and oxygen atoms in total. The van der Waals surface area contributed by atoms with Gasteiger partial charge in [0.05, 0.1) is 86.2 Å². The highest BCUT2D eigenvalue weighted by Gasteiger charge is 2.44. The van der Waals surface area contributed by atoms with Gasteiger partial charge in [-0.05, 0) is 108 Å². The molecular formula is C101H145N13O26S3. The molecule has 3 aromatic rings. The van der Waals surface area contributed by atoms with Crippen molar-refractivity contribution in [3.05, 3.63) is 120 Å². The standard InChI is InChI=1S/C101H145N13O26S3/c1-5-76(120)33-17-9-19-35-80(97(133)110-83(94(102)130)67-142-86-63-93(129)114(100(86)136)51-45-88(124)104-47-24-22-38-87(106-68-117)111-98(134)81(109-96(132)71(60-69(2)118)26-21-23-46-103-4)36-20-10-18-34-77(121)43-49-112-90(126)41-42-91(112)127)108-89(125)40-39-79(64-139-59-58-138-57-56-137-55-53-116)140-54-48-105-95(131)72(65-143-101(73-27-11-6-12-28-73,74-29-13-7-14-30-74)75-31-15-8-16-32-75)61-78(122)44-50-113-92(128)62-85(99(113)135)141-66-82(107-70(3)119)84(123)37-25-52-115/h6-8,11-16,27-32,41-42,68,71-72,79-83,85-87,103,115-116H,5,9-10,17-26,33-40,43-67H2,1-4H3,(H2,102,130)(H,104,124)(H,105,131)(H,106,117)(H,107,119)(H,108,125)(H,109,132)(H,110,133)(H,111,134). The molecule has 6 rings (SSSR count). The van der Waals surface area contributed by atoms with Crippen molar-refractivity contribution in [1.29, 1.82) is 0 Å². The maximum Gasteiger partial charge on any atom is 0.253 e. The van der Waals surface area contributed by atoms with Crippen molar-refractivity contribution in [3.63, 3.8) is 0 Å². The van der Waals surface area contributed by atoms with E-state index in [0.29, 0.717) is 83.6 Å². The van der Waals surface area contributed by atoms with E-state index >= 15 is 0 Å². The van der Waals surface area contributed by atoms with E-state index in [0.717, 1.165) is 73.5 Å². The number of likely N-dealkylation sites (tertiary alicyclic amines) is 2. The number of ether oxygens (including phenoxy) is 4. The Balaban J connectivity index is 1.06. The smallest absolute Gasteiger partial charge is 0.253 e. The number of amides is 15. The first-order chi connectivity index (χ1) is 68.9. The summed E-state index contributed by atoms with van der Waals surface area (Å²) in [5.41, 5.74) is 8.54. The summed E-state index contributed by atoms with van der Waals surface area (Å²) < 4.78 is 22.3. The molecule has 3 aliphatic rings. The summed E-state index contributed by atoms with van der Waals surface area (Å²) in [6.45, 7) is 4.49. The van der Waals surface area contributed by atoms with Gasteiger partial charge in [-0.15, -0.1) is 35.3 Å². The monoisotopic (exact) mass is 2050 g/mol. The minimum Gasteiger partial charge on any atom is -0.396 e. The molecular weight excluding hydrogens is 1910 g/mol. The number of nitrogens with zero attached hydrogens (tertiary/aromatic N) is 3. The number of Topliss-reactive ketones (excluding diaryl/α,β-unsaturated/α-hetero) is 5. The van der Waals surface area contributed by atoms with Gasteiger partial charge in [-0.2, -0.15) is 0 Å². The van der Waals surface area contributed by atoms with Crippen LogP contribution in [0.3, 0.4) is 0 Å². The maximum absolute atomic E-state index is 14.9. The third kappa shape index (κ3) is 44.7. The van der Waals surface area contributed by atoms with Gasteiger partial charge in [0.25, 0.3) is 11.8 Å². The summed E-state index contributed by atoms with van der Waals surface area (Å²) in [6.07, 6.45) is 5.52. The number of carbonyl (C=O) groups excluding carboxylic acids is 20. The molecule has 3 aliphatic heterocycles. The van der Waals surface area contributed by atoms with Crippen LogP contribution in [0, 0.1) is 11.8 Å². The van der Waals surface area contributed by atoms with Crippen LogP contribution in [0.2, 0.25) is 0 Å². The Kier molecular flexibility index (Phi) is 57.9. The van der Waals surface area contributed by atoms with Gasteiger partial charge in [0.2, 0.25) is 77.3 Å². The summed E-state index contributed by atoms with van der Waals surface area (Å²) in [7, 11) is 1.80. The molecule has 0 spiro atoms. The van der Waals surface area contributed by atoms with E-state index in [2.05, 4.69) is 47.9 Å². The van der Waals surface area contributed by atoms with Gasteiger partial charge in [-0.25, -0.2) is 0 Å². The van der Waals surface area contributed by atoms with Crippen molar-refractivity contribution in [2.45, 2.75) is 252 Å². The number of ketones is 5. The highest BCUT2D eigenvalue weighted by molar-refractivity contribution is 8.01. The molecule has 13 N–H and O–H groups in total. The fourth-order valence-corrected chi connectivity index (χ4v) is 20.4. The fraction of sp³-hybridized carbons (Fsp3) is 0.604. The van der Waals surface area contributed by atoms with Crippen LogP contribution in [-0.4, -0.2) is 313 Å². The number of aliphatic hydroxyl groups excluding tert-OH is 2. The molecule has 0 bridgehead atoms. The lowest BCUT2D eigenvalue weighted by molar-refractivity contribution is -0.140. The Hall–Kier alpha value is -10.8. The van der Waals surface area contributed by atoms with E-state index in [-0.39, 0.29) is 235 Å². The Morgan fingerprint density at radius 2 is 0.993 bits per heavy atom. The zero-order valence-electron chi connectivity index (χ0n) is 82.5. The van der Waals surface area contributed by atoms with E-state index in [1.165, 1.54) is 25.6 Å². The Bertz CT molecular complexity index is 4540. The number of unbranched alkanes of at least 4 members (excludes halogenated alkanes) is 6. The summed E-state index contributed by atoms with van der Waals surface area (Å²) in [4.78, 5) is 268. The van der Waals surface area contributed by atoms with E-state index in [9.17, 15) is 101 Å². The minimum atomic E-state index is -1.44. The van der Waals surface area contributed by atoms with Gasteiger partial charge < -0.3 is 87.5 Å². The second-order valence-corrected chi connectivity index (χ2v) is 39.0. The van der Waals surface area contributed by atoms with Gasteiger partial charge in [-0.1, -0.05) is 130 Å². The fourth-order valence-electron chi connectivity index (χ4n) is 16.3. The minimum absolute atomic E-state index is 0.0141. The zero-order chi connectivity index (χ0) is 104. The molecule has 2 saturated heterocycles. The van der Waals surface area contributed by atoms with Crippen molar-refractivity contribution in [1.82, 2.24) is 62.6 Å². The van der Waals surface area contributed by atoms with Gasteiger partial charge >= 0.3 is 0 Å². The molecule has 788 valence electrons. The van der Waals surface area contributed by atoms with Crippen molar-refractivity contribution >= 4 is 153 Å². The zero-order valence-corrected chi connectivity index (χ0v) is 85.0. The molecule has 0 radical (unpaired) electrons. The van der Waals surface area contributed by atoms with Crippen molar-refractivity contribution in [2.24, 2.45) is 17.6 Å². The lowest BCUT2D eigenvalue weighted by atomic mass is 9.84. The quantitative estimate of drug-likeness (QED) is 0.0124. The predicted octanol–water partition coefficient (Wildman–Crippen LogP) is 4.12. The van der Waals surface area contributed by atoms with Crippen LogP contribution in [-0.2, 0) is 120 Å². The number of imide groups is 3. The molecule has 3 aromatic carbocycles. The van der Waals surface area contributed by atoms with Gasteiger partial charge in [0.1, 0.15) is 47.4 Å². The first-order valence-corrected chi connectivity index (χ1v) is 52.5. The molecule has 0 aliphatic carbocycles. The van der Waals surface area contributed by atoms with Crippen LogP contribution >= 0.6 is 35.3 Å². The van der Waals surface area contributed by atoms with Crippen molar-refractivity contribution < 1.29 is 125 Å². The lowest BCUT2D eigenvalue weighted by Crippen LogP contribution is -2.54. The molecule has 0 saturated carbocycles. The second-order valence-electron chi connectivity index (χ2n) is 35.3. The van der Waals surface area contributed by atoms with Crippen LogP contribution in [0.1, 0.15) is 217 Å². The maximum atomic E-state index is 14.9. The molecule has 2 fully saturated rings. The number of rotatable bonds is 81. The summed E-state index contributed by atoms with van der Waals surface area (Å²) >= 11 is 3.36. The van der Waals surface area contributed by atoms with E-state index < -0.39 is 152 Å². The molecule has 15 amide bonds. The first-order valence-electron chi connectivity index (χ1n) is 49.4. The molecule has 143 heavy (non-hydrogen) atoms. The lowest BCUT2D eigenvalue weighted by Gasteiger charge is -2.36. The largest absolute Gasteiger partial charge is 0.396 e. The Morgan fingerprint density at radius 3 is 1.55 bits per heavy atom. The number of nitrogens with one attached hydrogen (secondary N) is 9. The Labute approximate surface area is 848 Å². The van der Waals surface area contributed by atoms with Crippen molar-refractivity contribution in [3.8, 4) is 0 Å². The third-order valence-electron chi connectivity index (χ3n) is 24.2. The van der Waals surface area contributed by atoms with Crippen LogP contribution < -0.4 is 53.6 Å². The van der Waals surface area contributed by atoms with E-state index in [4.69, 9.17) is 29.8 Å². The number of hydrogen-bond acceptors (Lipinski definition) is 30. The molecule has 10 atom stereocenters. The summed E-state index contributed by atoms with van der Waals surface area (Å²) in [5.74, 6) is -11.5. The van der Waals surface area contributed by atoms with E-state index in [1.807, 2.05) is 91.0 Å². The number of primary amides is 1. The van der Waals surface area contributed by atoms with Crippen LogP contribution in [0.15, 0.2) is 103 Å². The number of nitrogens with two attached hydrogens (primary N) is 1. The second kappa shape index (κ2) is 68.5. The van der Waals surface area contributed by atoms with Crippen LogP contribution in [0.4, 0.5) is 0 Å². The van der Waals surface area contributed by atoms with Gasteiger partial charge in [0.15, 0.2) is 5.78 Å². The number of hydrogen-bond donors (Lipinski definition) is 12. The topological polar surface area (TPSA) is 563 Å². The summed E-state index contributed by atoms with van der Waals surface area (Å²) in [5, 5.41) is 41.5. The average molecular weight is 2050 g/mol. The van der Waals surface area contributed by atoms with Crippen LogP contribution in [0.25, 0.3) is 0 Å². The SMILES string of the molecule is CCC(=O)CCCCCC(NC(=O)CCC(COCCOCCOCCO)OCCNC(=O)C(CSC(c1ccccc1)(c1ccccc1)c1ccccc1)CC(=O)CCN1C(=O)CC(SCC(NC(C)=O)C(=O)CCCO)C1=O)C(=O)NC(CSC1CC(=O)N(CCC(=O)NCCCCC(NC=O)NC(=O)C(CCCCCC(=O)CCN2C(=O)C=CC2=O)NC(=O)C(CCCCNC)CC(C)=O)C1=O)C(N)=O. The van der Waals surface area contributed by atoms with Crippen molar-refractivity contribution in [2.75, 3.05) is 123 Å². The Morgan fingerprint density at radius 1 is 0.469 bits per heavy atom. The average Bonchev–Trinajstić information content (AvgIpc) is 0.993. The highest BCUT2D eigenvalue weighted by atomic mass is 32.2. The number of aliphatic hydroxyl groups is 2.